The Labute approximate surface area is 207 Å². The van der Waals surface area contributed by atoms with E-state index in [0.717, 1.165) is 15.8 Å². The van der Waals surface area contributed by atoms with Gasteiger partial charge in [-0.25, -0.2) is 4.98 Å². The molecule has 4 aromatic rings. The molecule has 0 N–H and O–H groups in total. The average molecular weight is 492 g/mol. The first kappa shape index (κ1) is 24.0. The van der Waals surface area contributed by atoms with E-state index in [9.17, 15) is 4.79 Å². The second kappa shape index (κ2) is 10.4. The van der Waals surface area contributed by atoms with Gasteiger partial charge in [0.2, 0.25) is 10.9 Å². The third kappa shape index (κ3) is 5.04. The monoisotopic (exact) mass is 491 g/mol. The Balaban J connectivity index is 1.79. The van der Waals surface area contributed by atoms with E-state index in [4.69, 9.17) is 18.9 Å². The number of anilines is 1. The number of methoxy groups -OCH3 is 4. The highest BCUT2D eigenvalue weighted by molar-refractivity contribution is 7.22. The van der Waals surface area contributed by atoms with Gasteiger partial charge in [0.15, 0.2) is 11.5 Å². The van der Waals surface area contributed by atoms with Crippen LogP contribution in [0.2, 0.25) is 0 Å². The number of hydrogen-bond acceptors (Lipinski definition) is 8. The number of fused-ring (bicyclic) bond motifs is 1. The fraction of sp³-hybridized carbons (Fsp3) is 0.192. The second-order valence-corrected chi connectivity index (χ2v) is 8.53. The molecule has 0 aliphatic carbocycles. The number of aromatic nitrogens is 1. The van der Waals surface area contributed by atoms with E-state index in [1.807, 2.05) is 25.1 Å². The zero-order valence-electron chi connectivity index (χ0n) is 20.1. The minimum absolute atomic E-state index is 0.344. The topological polar surface area (TPSA) is 82.5 Å². The molecule has 1 aromatic heterocycles. The van der Waals surface area contributed by atoms with Crippen molar-refractivity contribution in [3.05, 3.63) is 71.3 Å². The van der Waals surface area contributed by atoms with Gasteiger partial charge in [0.05, 0.1) is 44.9 Å². The normalized spacial score (nSPS) is 11.0. The maximum Gasteiger partial charge on any atom is 0.280 e. The van der Waals surface area contributed by atoms with Crippen LogP contribution in [0.5, 0.6) is 23.0 Å². The first-order chi connectivity index (χ1) is 17.0. The SMILES string of the molecule is COc1cccc(C(=O)N(/N=C/c2cc(OC)c(OC)c(OC)c2)c2nc3ccc(C)cc3s2)c1. The fourth-order valence-corrected chi connectivity index (χ4v) is 4.50. The van der Waals surface area contributed by atoms with Crippen molar-refractivity contribution in [2.45, 2.75) is 6.92 Å². The van der Waals surface area contributed by atoms with Gasteiger partial charge < -0.3 is 18.9 Å². The van der Waals surface area contributed by atoms with Gasteiger partial charge in [0.1, 0.15) is 5.75 Å². The molecule has 3 aromatic carbocycles. The lowest BCUT2D eigenvalue weighted by Gasteiger charge is -2.15. The van der Waals surface area contributed by atoms with Crippen LogP contribution in [0.3, 0.4) is 0 Å². The van der Waals surface area contributed by atoms with E-state index in [1.54, 1.807) is 63.9 Å². The summed E-state index contributed by atoms with van der Waals surface area (Å²) in [6.07, 6.45) is 1.56. The number of hydrazone groups is 1. The summed E-state index contributed by atoms with van der Waals surface area (Å²) < 4.78 is 22.5. The first-order valence-corrected chi connectivity index (χ1v) is 11.5. The van der Waals surface area contributed by atoms with Gasteiger partial charge in [-0.2, -0.15) is 10.1 Å². The quantitative estimate of drug-likeness (QED) is 0.245. The number of rotatable bonds is 8. The van der Waals surface area contributed by atoms with Gasteiger partial charge in [-0.3, -0.25) is 4.79 Å². The van der Waals surface area contributed by atoms with Crippen LogP contribution in [0.4, 0.5) is 5.13 Å². The Hall–Kier alpha value is -4.11. The van der Waals surface area contributed by atoms with Crippen LogP contribution in [-0.2, 0) is 0 Å². The van der Waals surface area contributed by atoms with Gasteiger partial charge in [0, 0.05) is 11.1 Å². The van der Waals surface area contributed by atoms with Crippen LogP contribution in [0.1, 0.15) is 21.5 Å². The number of nitrogens with zero attached hydrogens (tertiary/aromatic N) is 3. The van der Waals surface area contributed by atoms with Gasteiger partial charge >= 0.3 is 0 Å². The summed E-state index contributed by atoms with van der Waals surface area (Å²) in [6.45, 7) is 2.01. The van der Waals surface area contributed by atoms with E-state index in [1.165, 1.54) is 23.5 Å². The molecule has 0 radical (unpaired) electrons. The number of aryl methyl sites for hydroxylation is 1. The van der Waals surface area contributed by atoms with Crippen molar-refractivity contribution in [3.63, 3.8) is 0 Å². The molecule has 1 amide bonds. The zero-order chi connectivity index (χ0) is 24.9. The molecule has 4 rings (SSSR count). The molecule has 0 saturated heterocycles. The maximum absolute atomic E-state index is 13.6. The van der Waals surface area contributed by atoms with Crippen molar-refractivity contribution >= 4 is 38.8 Å². The zero-order valence-corrected chi connectivity index (χ0v) is 20.9. The van der Waals surface area contributed by atoms with Crippen LogP contribution in [-0.4, -0.2) is 45.5 Å². The lowest BCUT2D eigenvalue weighted by molar-refractivity contribution is 0.0987. The number of hydrogen-bond donors (Lipinski definition) is 0. The minimum atomic E-state index is -0.344. The lowest BCUT2D eigenvalue weighted by atomic mass is 10.2. The van der Waals surface area contributed by atoms with Crippen LogP contribution in [0.15, 0.2) is 59.7 Å². The molecule has 35 heavy (non-hydrogen) atoms. The van der Waals surface area contributed by atoms with E-state index in [-0.39, 0.29) is 5.91 Å². The third-order valence-corrected chi connectivity index (χ3v) is 6.23. The molecule has 0 bridgehead atoms. The highest BCUT2D eigenvalue weighted by Crippen LogP contribution is 2.38. The van der Waals surface area contributed by atoms with E-state index in [0.29, 0.717) is 39.3 Å². The van der Waals surface area contributed by atoms with Crippen molar-refractivity contribution in [1.29, 1.82) is 0 Å². The van der Waals surface area contributed by atoms with E-state index >= 15 is 0 Å². The predicted molar refractivity (Wildman–Crippen MR) is 138 cm³/mol. The largest absolute Gasteiger partial charge is 0.497 e. The van der Waals surface area contributed by atoms with Crippen molar-refractivity contribution < 1.29 is 23.7 Å². The summed E-state index contributed by atoms with van der Waals surface area (Å²) in [5.74, 6) is 1.66. The smallest absolute Gasteiger partial charge is 0.280 e. The number of carbonyl (C=O) groups is 1. The van der Waals surface area contributed by atoms with Crippen LogP contribution in [0, 0.1) is 6.92 Å². The van der Waals surface area contributed by atoms with E-state index < -0.39 is 0 Å². The Morgan fingerprint density at radius 2 is 1.69 bits per heavy atom. The Morgan fingerprint density at radius 1 is 0.943 bits per heavy atom. The molecular weight excluding hydrogens is 466 g/mol. The van der Waals surface area contributed by atoms with E-state index in [2.05, 4.69) is 10.1 Å². The molecule has 0 unspecified atom stereocenters. The lowest BCUT2D eigenvalue weighted by Crippen LogP contribution is -2.25. The number of ether oxygens (including phenoxy) is 4. The predicted octanol–water partition coefficient (Wildman–Crippen LogP) is 5.32. The van der Waals surface area contributed by atoms with Crippen LogP contribution >= 0.6 is 11.3 Å². The molecule has 0 aliphatic rings. The first-order valence-electron chi connectivity index (χ1n) is 10.7. The highest BCUT2D eigenvalue weighted by atomic mass is 32.1. The van der Waals surface area contributed by atoms with Crippen molar-refractivity contribution in [2.75, 3.05) is 33.4 Å². The summed E-state index contributed by atoms with van der Waals surface area (Å²) in [5, 5.41) is 6.27. The van der Waals surface area contributed by atoms with Crippen LogP contribution in [0.25, 0.3) is 10.2 Å². The number of carbonyl (C=O) groups excluding carboxylic acids is 1. The fourth-order valence-electron chi connectivity index (χ4n) is 3.48. The molecule has 0 fully saturated rings. The molecule has 9 heteroatoms. The number of thiazole rings is 1. The standard InChI is InChI=1S/C26H25N3O5S/c1-16-9-10-20-23(11-16)35-26(28-20)29(25(30)18-7-6-8-19(14-18)31-2)27-15-17-12-21(32-3)24(34-5)22(13-17)33-4/h6-15H,1-5H3/b27-15+. The second-order valence-electron chi connectivity index (χ2n) is 7.52. The van der Waals surface area contributed by atoms with Crippen molar-refractivity contribution in [2.24, 2.45) is 5.10 Å². The highest BCUT2D eigenvalue weighted by Gasteiger charge is 2.22. The maximum atomic E-state index is 13.6. The van der Waals surface area contributed by atoms with Gasteiger partial charge in [0.25, 0.3) is 5.91 Å². The summed E-state index contributed by atoms with van der Waals surface area (Å²) >= 11 is 1.39. The van der Waals surface area contributed by atoms with Gasteiger partial charge in [-0.1, -0.05) is 23.5 Å². The van der Waals surface area contributed by atoms with Crippen molar-refractivity contribution in [1.82, 2.24) is 4.98 Å². The Kier molecular flexibility index (Phi) is 7.17. The summed E-state index contributed by atoms with van der Waals surface area (Å²) in [7, 11) is 6.18. The summed E-state index contributed by atoms with van der Waals surface area (Å²) in [4.78, 5) is 18.2. The molecule has 0 spiro atoms. The summed E-state index contributed by atoms with van der Waals surface area (Å²) in [6, 6.07) is 16.4. The molecule has 0 saturated carbocycles. The molecule has 0 aliphatic heterocycles. The number of benzene rings is 3. The Bertz CT molecular complexity index is 1370. The molecular formula is C26H25N3O5S. The van der Waals surface area contributed by atoms with Crippen molar-refractivity contribution in [3.8, 4) is 23.0 Å². The molecule has 1 heterocycles. The average Bonchev–Trinajstić information content (AvgIpc) is 3.30. The molecule has 180 valence electrons. The number of amides is 1. The molecule has 0 atom stereocenters. The minimum Gasteiger partial charge on any atom is -0.497 e. The Morgan fingerprint density at radius 3 is 2.34 bits per heavy atom. The van der Waals surface area contributed by atoms with Gasteiger partial charge in [-0.15, -0.1) is 0 Å². The van der Waals surface area contributed by atoms with Gasteiger partial charge in [-0.05, 0) is 55.0 Å². The van der Waals surface area contributed by atoms with Crippen LogP contribution < -0.4 is 24.0 Å². The third-order valence-electron chi connectivity index (χ3n) is 5.23. The summed E-state index contributed by atoms with van der Waals surface area (Å²) in [5.41, 5.74) is 2.98. The molecule has 8 nitrogen and oxygen atoms in total.